The molecule has 0 bridgehead atoms. The summed E-state index contributed by atoms with van der Waals surface area (Å²) < 4.78 is 2.21. The summed E-state index contributed by atoms with van der Waals surface area (Å²) in [6.07, 6.45) is 0.707. The third-order valence-corrected chi connectivity index (χ3v) is 3.04. The zero-order valence-electron chi connectivity index (χ0n) is 11.4. The lowest BCUT2D eigenvalue weighted by atomic mass is 10.3. The third kappa shape index (κ3) is 2.93. The van der Waals surface area contributed by atoms with E-state index < -0.39 is 0 Å². The predicted octanol–water partition coefficient (Wildman–Crippen LogP) is 1.23. The van der Waals surface area contributed by atoms with Gasteiger partial charge in [0.25, 0.3) is 0 Å². The summed E-state index contributed by atoms with van der Waals surface area (Å²) in [4.78, 5) is 15.8. The van der Waals surface area contributed by atoms with Crippen LogP contribution < -0.4 is 11.1 Å². The Kier molecular flexibility index (Phi) is 4.16. The van der Waals surface area contributed by atoms with Gasteiger partial charge < -0.3 is 15.6 Å². The summed E-state index contributed by atoms with van der Waals surface area (Å²) in [5.74, 6) is 0.862. The normalized spacial score (nSPS) is 11.2. The van der Waals surface area contributed by atoms with Crippen LogP contribution in [0.1, 0.15) is 25.7 Å². The lowest BCUT2D eigenvalue weighted by molar-refractivity contribution is -0.119. The Morgan fingerprint density at radius 1 is 1.42 bits per heavy atom. The molecule has 1 aromatic carbocycles. The fraction of sp³-hybridized carbons (Fsp3) is 0.429. The van der Waals surface area contributed by atoms with Crippen molar-refractivity contribution in [1.29, 1.82) is 0 Å². The fourth-order valence-electron chi connectivity index (χ4n) is 2.23. The molecule has 0 saturated heterocycles. The molecule has 0 fully saturated rings. The molecule has 0 radical (unpaired) electrons. The number of benzene rings is 1. The maximum atomic E-state index is 11.1. The van der Waals surface area contributed by atoms with E-state index in [0.717, 1.165) is 16.9 Å². The van der Waals surface area contributed by atoms with Crippen LogP contribution in [-0.2, 0) is 11.2 Å². The molecule has 2 aromatic rings. The molecule has 1 heterocycles. The Morgan fingerprint density at radius 3 is 2.84 bits per heavy atom. The number of aromatic nitrogens is 2. The second kappa shape index (κ2) is 5.84. The topological polar surface area (TPSA) is 72.9 Å². The standard InChI is InChI=1S/C14H20N4O/c1-10(2)18-12-6-4-3-5-11(12)17-13(18)7-8-16-14(19)9-15/h3-6,10H,7-9,15H2,1-2H3,(H,16,19). The summed E-state index contributed by atoms with van der Waals surface area (Å²) in [5.41, 5.74) is 7.39. The zero-order valence-corrected chi connectivity index (χ0v) is 11.4. The molecule has 0 spiro atoms. The van der Waals surface area contributed by atoms with Gasteiger partial charge in [0.2, 0.25) is 5.91 Å². The van der Waals surface area contributed by atoms with Crippen LogP contribution in [-0.4, -0.2) is 28.5 Å². The van der Waals surface area contributed by atoms with Gasteiger partial charge in [-0.2, -0.15) is 0 Å². The first-order valence-electron chi connectivity index (χ1n) is 6.56. The molecule has 2 rings (SSSR count). The monoisotopic (exact) mass is 260 g/mol. The first-order chi connectivity index (χ1) is 9.13. The second-order valence-corrected chi connectivity index (χ2v) is 4.78. The number of nitrogens with two attached hydrogens (primary N) is 1. The van der Waals surface area contributed by atoms with E-state index in [2.05, 4.69) is 34.8 Å². The highest BCUT2D eigenvalue weighted by atomic mass is 16.1. The van der Waals surface area contributed by atoms with Gasteiger partial charge in [-0.05, 0) is 26.0 Å². The first-order valence-corrected chi connectivity index (χ1v) is 6.56. The minimum atomic E-state index is -0.132. The number of rotatable bonds is 5. The molecule has 1 amide bonds. The quantitative estimate of drug-likeness (QED) is 0.849. The third-order valence-electron chi connectivity index (χ3n) is 3.04. The van der Waals surface area contributed by atoms with Gasteiger partial charge in [0.1, 0.15) is 5.82 Å². The zero-order chi connectivity index (χ0) is 13.8. The number of amides is 1. The Hall–Kier alpha value is -1.88. The smallest absolute Gasteiger partial charge is 0.233 e. The van der Waals surface area contributed by atoms with Crippen LogP contribution in [0.25, 0.3) is 11.0 Å². The van der Waals surface area contributed by atoms with Gasteiger partial charge in [-0.25, -0.2) is 4.98 Å². The van der Waals surface area contributed by atoms with Crippen molar-refractivity contribution in [2.45, 2.75) is 26.3 Å². The van der Waals surface area contributed by atoms with Crippen molar-refractivity contribution in [3.8, 4) is 0 Å². The first kappa shape index (κ1) is 13.5. The maximum Gasteiger partial charge on any atom is 0.233 e. The second-order valence-electron chi connectivity index (χ2n) is 4.78. The van der Waals surface area contributed by atoms with Gasteiger partial charge >= 0.3 is 0 Å². The molecule has 19 heavy (non-hydrogen) atoms. The van der Waals surface area contributed by atoms with Crippen molar-refractivity contribution in [2.24, 2.45) is 5.73 Å². The molecule has 102 valence electrons. The summed E-state index contributed by atoms with van der Waals surface area (Å²) in [6.45, 7) is 4.86. The van der Waals surface area contributed by atoms with E-state index in [4.69, 9.17) is 5.73 Å². The highest BCUT2D eigenvalue weighted by molar-refractivity contribution is 5.78. The number of nitrogens with zero attached hydrogens (tertiary/aromatic N) is 2. The highest BCUT2D eigenvalue weighted by Crippen LogP contribution is 2.20. The van der Waals surface area contributed by atoms with Crippen LogP contribution in [0.15, 0.2) is 24.3 Å². The van der Waals surface area contributed by atoms with Crippen LogP contribution in [0.4, 0.5) is 0 Å². The van der Waals surface area contributed by atoms with Gasteiger partial charge in [0.05, 0.1) is 17.6 Å². The molecule has 1 aromatic heterocycles. The molecule has 0 saturated carbocycles. The Balaban J connectivity index is 2.22. The van der Waals surface area contributed by atoms with Gasteiger partial charge in [0, 0.05) is 19.0 Å². The van der Waals surface area contributed by atoms with E-state index in [1.54, 1.807) is 0 Å². The summed E-state index contributed by atoms with van der Waals surface area (Å²) >= 11 is 0. The predicted molar refractivity (Wildman–Crippen MR) is 75.9 cm³/mol. The number of fused-ring (bicyclic) bond motifs is 1. The molecule has 0 unspecified atom stereocenters. The van der Waals surface area contributed by atoms with Crippen LogP contribution in [0.3, 0.4) is 0 Å². The fourth-order valence-corrected chi connectivity index (χ4v) is 2.23. The Bertz CT molecular complexity index is 574. The Morgan fingerprint density at radius 2 is 2.16 bits per heavy atom. The average Bonchev–Trinajstić information content (AvgIpc) is 2.76. The van der Waals surface area contributed by atoms with E-state index in [1.807, 2.05) is 18.2 Å². The van der Waals surface area contributed by atoms with E-state index in [1.165, 1.54) is 0 Å². The molecular weight excluding hydrogens is 240 g/mol. The van der Waals surface area contributed by atoms with Crippen LogP contribution in [0.2, 0.25) is 0 Å². The molecule has 0 atom stereocenters. The molecule has 5 nitrogen and oxygen atoms in total. The Labute approximate surface area is 112 Å². The SMILES string of the molecule is CC(C)n1c(CCNC(=O)CN)nc2ccccc21. The van der Waals surface area contributed by atoms with Crippen LogP contribution in [0, 0.1) is 0 Å². The van der Waals surface area contributed by atoms with Crippen molar-refractivity contribution < 1.29 is 4.79 Å². The number of imidazole rings is 1. The van der Waals surface area contributed by atoms with Gasteiger partial charge in [-0.15, -0.1) is 0 Å². The summed E-state index contributed by atoms with van der Waals surface area (Å²) in [6, 6.07) is 8.43. The highest BCUT2D eigenvalue weighted by Gasteiger charge is 2.12. The molecule has 0 aliphatic heterocycles. The number of hydrogen-bond donors (Lipinski definition) is 2. The number of nitrogens with one attached hydrogen (secondary N) is 1. The summed E-state index contributed by atoms with van der Waals surface area (Å²) in [5, 5.41) is 2.77. The largest absolute Gasteiger partial charge is 0.355 e. The molecule has 5 heteroatoms. The van der Waals surface area contributed by atoms with Crippen molar-refractivity contribution >= 4 is 16.9 Å². The van der Waals surface area contributed by atoms with Gasteiger partial charge in [-0.1, -0.05) is 12.1 Å². The number of para-hydroxylation sites is 2. The van der Waals surface area contributed by atoms with Crippen LogP contribution >= 0.6 is 0 Å². The minimum absolute atomic E-state index is 0.0284. The lowest BCUT2D eigenvalue weighted by Gasteiger charge is -2.13. The van der Waals surface area contributed by atoms with Gasteiger partial charge in [-0.3, -0.25) is 4.79 Å². The van der Waals surface area contributed by atoms with Gasteiger partial charge in [0.15, 0.2) is 0 Å². The van der Waals surface area contributed by atoms with Crippen LogP contribution in [0.5, 0.6) is 0 Å². The van der Waals surface area contributed by atoms with Crippen molar-refractivity contribution in [3.63, 3.8) is 0 Å². The van der Waals surface area contributed by atoms with Crippen molar-refractivity contribution in [1.82, 2.24) is 14.9 Å². The van der Waals surface area contributed by atoms with Crippen molar-refractivity contribution in [2.75, 3.05) is 13.1 Å². The molecule has 3 N–H and O–H groups in total. The number of hydrogen-bond acceptors (Lipinski definition) is 3. The van der Waals surface area contributed by atoms with E-state index in [-0.39, 0.29) is 12.5 Å². The van der Waals surface area contributed by atoms with E-state index >= 15 is 0 Å². The average molecular weight is 260 g/mol. The number of carbonyl (C=O) groups excluding carboxylic acids is 1. The molecule has 0 aliphatic rings. The molecular formula is C14H20N4O. The van der Waals surface area contributed by atoms with E-state index in [9.17, 15) is 4.79 Å². The van der Waals surface area contributed by atoms with E-state index in [0.29, 0.717) is 19.0 Å². The summed E-state index contributed by atoms with van der Waals surface area (Å²) in [7, 11) is 0. The lowest BCUT2D eigenvalue weighted by Crippen LogP contribution is -2.32. The van der Waals surface area contributed by atoms with Crippen molar-refractivity contribution in [3.05, 3.63) is 30.1 Å². The maximum absolute atomic E-state index is 11.1. The molecule has 0 aliphatic carbocycles. The minimum Gasteiger partial charge on any atom is -0.355 e. The number of carbonyl (C=O) groups is 1.